The van der Waals surface area contributed by atoms with Gasteiger partial charge in [-0.3, -0.25) is 4.79 Å². The van der Waals surface area contributed by atoms with E-state index >= 15 is 0 Å². The van der Waals surface area contributed by atoms with E-state index in [1.165, 1.54) is 22.8 Å². The summed E-state index contributed by atoms with van der Waals surface area (Å²) < 4.78 is 21.1. The molecule has 0 amide bonds. The Morgan fingerprint density at radius 1 is 1.03 bits per heavy atom. The van der Waals surface area contributed by atoms with Gasteiger partial charge in [-0.05, 0) is 50.6 Å². The van der Waals surface area contributed by atoms with Crippen LogP contribution >= 0.6 is 22.9 Å². The van der Waals surface area contributed by atoms with Gasteiger partial charge in [-0.25, -0.2) is 13.9 Å². The smallest absolute Gasteiger partial charge is 0.310 e. The van der Waals surface area contributed by atoms with Crippen molar-refractivity contribution in [1.82, 2.24) is 14.5 Å². The van der Waals surface area contributed by atoms with Crippen LogP contribution in [0.3, 0.4) is 0 Å². The molecule has 3 aromatic heterocycles. The maximum atomic E-state index is 13.8. The number of nitrogens with zero attached hydrogens (tertiary/aromatic N) is 3. The van der Waals surface area contributed by atoms with Crippen molar-refractivity contribution in [2.45, 2.75) is 20.8 Å². The van der Waals surface area contributed by atoms with E-state index in [2.05, 4.69) is 4.98 Å². The van der Waals surface area contributed by atoms with Gasteiger partial charge in [0.05, 0.1) is 27.3 Å². The molecule has 0 saturated carbocycles. The highest BCUT2D eigenvalue weighted by Crippen LogP contribution is 2.35. The predicted octanol–water partition coefficient (Wildman–Crippen LogP) is 6.51. The number of benzene rings is 2. The SMILES string of the molecule is Cc1sc2nc(C)c3c(=O)n(-c4ccccc4)c(Oc4ccc(F)c(Cl)c4)nc3c2c1C. The van der Waals surface area contributed by atoms with Crippen molar-refractivity contribution < 1.29 is 9.13 Å². The summed E-state index contributed by atoms with van der Waals surface area (Å²) in [5, 5.41) is 1.20. The Morgan fingerprint density at radius 2 is 1.78 bits per heavy atom. The summed E-state index contributed by atoms with van der Waals surface area (Å²) in [7, 11) is 0. The summed E-state index contributed by atoms with van der Waals surface area (Å²) in [6.45, 7) is 5.83. The van der Waals surface area contributed by atoms with Crippen LogP contribution in [0.2, 0.25) is 5.02 Å². The number of fused-ring (bicyclic) bond motifs is 3. The molecule has 0 unspecified atom stereocenters. The molecule has 5 rings (SSSR count). The van der Waals surface area contributed by atoms with Gasteiger partial charge in [0, 0.05) is 16.3 Å². The molecule has 0 aliphatic rings. The summed E-state index contributed by atoms with van der Waals surface area (Å²) in [4.78, 5) is 25.2. The van der Waals surface area contributed by atoms with Gasteiger partial charge in [0.15, 0.2) is 0 Å². The van der Waals surface area contributed by atoms with E-state index in [-0.39, 0.29) is 22.3 Å². The molecule has 0 saturated heterocycles. The van der Waals surface area contributed by atoms with Crippen LogP contribution in [-0.2, 0) is 0 Å². The largest absolute Gasteiger partial charge is 0.425 e. The lowest BCUT2D eigenvalue weighted by atomic mass is 10.1. The van der Waals surface area contributed by atoms with Crippen molar-refractivity contribution >= 4 is 44.1 Å². The molecule has 0 atom stereocenters. The maximum Gasteiger partial charge on any atom is 0.310 e. The van der Waals surface area contributed by atoms with E-state index in [1.807, 2.05) is 39.0 Å². The number of para-hydroxylation sites is 1. The zero-order valence-corrected chi connectivity index (χ0v) is 19.0. The quantitative estimate of drug-likeness (QED) is 0.305. The summed E-state index contributed by atoms with van der Waals surface area (Å²) in [6, 6.07) is 13.2. The average Bonchev–Trinajstić information content (AvgIpc) is 3.04. The third-order valence-corrected chi connectivity index (χ3v) is 6.79. The van der Waals surface area contributed by atoms with Gasteiger partial charge < -0.3 is 4.74 Å². The van der Waals surface area contributed by atoms with Crippen molar-refractivity contribution in [3.05, 3.63) is 85.9 Å². The van der Waals surface area contributed by atoms with Gasteiger partial charge in [0.2, 0.25) is 0 Å². The van der Waals surface area contributed by atoms with E-state index in [4.69, 9.17) is 21.3 Å². The van der Waals surface area contributed by atoms with Crippen LogP contribution in [-0.4, -0.2) is 14.5 Å². The van der Waals surface area contributed by atoms with Crippen LogP contribution in [0.5, 0.6) is 11.8 Å². The first-order chi connectivity index (χ1) is 15.3. The molecule has 32 heavy (non-hydrogen) atoms. The van der Waals surface area contributed by atoms with Crippen LogP contribution in [0, 0.1) is 26.6 Å². The van der Waals surface area contributed by atoms with E-state index in [1.54, 1.807) is 23.5 Å². The molecule has 0 aliphatic heterocycles. The van der Waals surface area contributed by atoms with Crippen LogP contribution in [0.25, 0.3) is 26.8 Å². The number of aromatic nitrogens is 3. The van der Waals surface area contributed by atoms with Gasteiger partial charge in [-0.1, -0.05) is 29.8 Å². The van der Waals surface area contributed by atoms with E-state index in [0.717, 1.165) is 20.7 Å². The summed E-state index contributed by atoms with van der Waals surface area (Å²) in [5.41, 5.74) is 2.47. The fourth-order valence-corrected chi connectivity index (χ4v) is 4.95. The zero-order valence-electron chi connectivity index (χ0n) is 17.4. The highest BCUT2D eigenvalue weighted by Gasteiger charge is 2.21. The molecule has 5 nitrogen and oxygen atoms in total. The molecular weight excluding hydrogens is 449 g/mol. The van der Waals surface area contributed by atoms with Crippen molar-refractivity contribution in [1.29, 1.82) is 0 Å². The van der Waals surface area contributed by atoms with Gasteiger partial charge in [-0.2, -0.15) is 4.98 Å². The van der Waals surface area contributed by atoms with Crippen LogP contribution in [0.1, 0.15) is 16.1 Å². The molecule has 2 aromatic carbocycles. The normalized spacial score (nSPS) is 11.4. The Kier molecular flexibility index (Phi) is 4.95. The molecule has 8 heteroatoms. The molecule has 0 fully saturated rings. The highest BCUT2D eigenvalue weighted by molar-refractivity contribution is 7.18. The second kappa shape index (κ2) is 7.69. The second-order valence-electron chi connectivity index (χ2n) is 7.43. The Hall–Kier alpha value is -3.29. The Morgan fingerprint density at radius 3 is 2.50 bits per heavy atom. The molecule has 0 aliphatic carbocycles. The van der Waals surface area contributed by atoms with E-state index in [0.29, 0.717) is 22.3 Å². The number of aryl methyl sites for hydroxylation is 3. The summed E-state index contributed by atoms with van der Waals surface area (Å²) in [5.74, 6) is -0.286. The summed E-state index contributed by atoms with van der Waals surface area (Å²) >= 11 is 7.50. The number of ether oxygens (including phenoxy) is 1. The van der Waals surface area contributed by atoms with E-state index in [9.17, 15) is 9.18 Å². The molecule has 3 heterocycles. The lowest BCUT2D eigenvalue weighted by Gasteiger charge is -2.15. The lowest BCUT2D eigenvalue weighted by Crippen LogP contribution is -2.22. The molecule has 160 valence electrons. The number of hydrogen-bond acceptors (Lipinski definition) is 5. The van der Waals surface area contributed by atoms with Gasteiger partial charge in [0.25, 0.3) is 5.56 Å². The average molecular weight is 466 g/mol. The molecule has 0 radical (unpaired) electrons. The number of thiophene rings is 1. The Labute approximate surface area is 191 Å². The number of hydrogen-bond donors (Lipinski definition) is 0. The summed E-state index contributed by atoms with van der Waals surface area (Å²) in [6.07, 6.45) is 0. The first kappa shape index (κ1) is 20.6. The Bertz CT molecular complexity index is 1580. The van der Waals surface area contributed by atoms with Crippen LogP contribution in [0.4, 0.5) is 4.39 Å². The first-order valence-electron chi connectivity index (χ1n) is 9.86. The predicted molar refractivity (Wildman–Crippen MR) is 126 cm³/mol. The molecular formula is C24H17ClFN3O2S. The standard InChI is InChI=1S/C24H17ClFN3O2S/c1-12-14(3)32-22-19(12)21-20(13(2)27-22)23(30)29(15-7-5-4-6-8-15)24(28-21)31-16-9-10-18(26)17(25)11-16/h4-11H,1-3H3. The highest BCUT2D eigenvalue weighted by atomic mass is 35.5. The fourth-order valence-electron chi connectivity index (χ4n) is 3.70. The molecule has 0 bridgehead atoms. The van der Waals surface area contributed by atoms with Crippen molar-refractivity contribution in [2.24, 2.45) is 0 Å². The monoisotopic (exact) mass is 465 g/mol. The lowest BCUT2D eigenvalue weighted by molar-refractivity contribution is 0.426. The minimum atomic E-state index is -0.557. The maximum absolute atomic E-state index is 13.8. The van der Waals surface area contributed by atoms with Gasteiger partial charge in [0.1, 0.15) is 16.4 Å². The first-order valence-corrected chi connectivity index (χ1v) is 11.1. The number of halogens is 2. The van der Waals surface area contributed by atoms with Gasteiger partial charge >= 0.3 is 6.01 Å². The Balaban J connectivity index is 1.88. The molecule has 0 N–H and O–H groups in total. The number of rotatable bonds is 3. The van der Waals surface area contributed by atoms with Crippen LogP contribution < -0.4 is 10.3 Å². The third-order valence-electron chi connectivity index (χ3n) is 5.40. The van der Waals surface area contributed by atoms with Crippen molar-refractivity contribution in [2.75, 3.05) is 0 Å². The number of pyridine rings is 1. The zero-order chi connectivity index (χ0) is 22.6. The van der Waals surface area contributed by atoms with Gasteiger partial charge in [-0.15, -0.1) is 11.3 Å². The molecule has 0 spiro atoms. The van der Waals surface area contributed by atoms with Crippen molar-refractivity contribution in [3.8, 4) is 17.4 Å². The minimum absolute atomic E-state index is 0.0616. The van der Waals surface area contributed by atoms with Crippen LogP contribution in [0.15, 0.2) is 53.3 Å². The third kappa shape index (κ3) is 3.25. The molecule has 5 aromatic rings. The van der Waals surface area contributed by atoms with E-state index < -0.39 is 5.82 Å². The topological polar surface area (TPSA) is 57.0 Å². The second-order valence-corrected chi connectivity index (χ2v) is 9.04. The fraction of sp³-hybridized carbons (Fsp3) is 0.125. The van der Waals surface area contributed by atoms with Crippen molar-refractivity contribution in [3.63, 3.8) is 0 Å². The minimum Gasteiger partial charge on any atom is -0.425 e.